The monoisotopic (exact) mass is 812 g/mol. The van der Waals surface area contributed by atoms with Gasteiger partial charge in [0.1, 0.15) is 18.3 Å². The standard InChI is InChI=1S/C39H53ClN8O9/c1-23-7-5-6-10-27(23)17-25(18-44-37(53)31-35(41)46-36(42)34(40)45-31)21-48(39(54)55)20-24-12-15-47(16-13-24)30(51)11-14-43-19-28(49)32(52)33-29(50)22-56-38(57-33)26-8-3-2-4-9-26/h2-10,24-25,28-29,32-33,38,43,49-50,52H,11-22H2,1H3,(H,44,53)(H,54,55)(H4,41,42,46)/t25-,28-,29+,32+,33+,38+/m0/s1. The van der Waals surface area contributed by atoms with Gasteiger partial charge in [-0.25, -0.2) is 14.8 Å². The molecule has 57 heavy (non-hydrogen) atoms. The summed E-state index contributed by atoms with van der Waals surface area (Å²) in [5, 5.41) is 47.7. The molecule has 2 aromatic carbocycles. The van der Waals surface area contributed by atoms with Crippen molar-refractivity contribution in [2.45, 2.75) is 63.3 Å². The maximum absolute atomic E-state index is 13.0. The van der Waals surface area contributed by atoms with Crippen LogP contribution in [-0.4, -0.2) is 135 Å². The molecule has 0 spiro atoms. The topological polar surface area (TPSA) is 259 Å². The number of carbonyl (C=O) groups excluding carboxylic acids is 2. The van der Waals surface area contributed by atoms with E-state index in [1.807, 2.05) is 49.4 Å². The van der Waals surface area contributed by atoms with Gasteiger partial charge in [-0.1, -0.05) is 66.2 Å². The number of piperidine rings is 1. The van der Waals surface area contributed by atoms with Crippen molar-refractivity contribution < 1.29 is 44.3 Å². The summed E-state index contributed by atoms with van der Waals surface area (Å²) in [6.07, 6.45) is -4.87. The number of carboxylic acid groups (broad SMARTS) is 1. The highest BCUT2D eigenvalue weighted by molar-refractivity contribution is 6.31. The molecule has 0 bridgehead atoms. The van der Waals surface area contributed by atoms with E-state index in [9.17, 15) is 34.8 Å². The Kier molecular flexibility index (Phi) is 15.8. The van der Waals surface area contributed by atoms with Crippen molar-refractivity contribution in [2.75, 3.05) is 63.9 Å². The van der Waals surface area contributed by atoms with Crippen molar-refractivity contribution in [3.05, 3.63) is 82.1 Å². The van der Waals surface area contributed by atoms with Crippen LogP contribution >= 0.6 is 11.6 Å². The average Bonchev–Trinajstić information content (AvgIpc) is 3.20. The minimum atomic E-state index is -1.40. The highest BCUT2D eigenvalue weighted by Gasteiger charge is 2.39. The first-order valence-electron chi connectivity index (χ1n) is 19.0. The van der Waals surface area contributed by atoms with Crippen LogP contribution in [0.1, 0.15) is 52.7 Å². The number of nitrogen functional groups attached to an aromatic ring is 2. The Morgan fingerprint density at radius 2 is 1.72 bits per heavy atom. The molecule has 3 heterocycles. The number of ether oxygens (including phenoxy) is 2. The zero-order chi connectivity index (χ0) is 41.1. The molecular formula is C39H53ClN8O9. The Morgan fingerprint density at radius 3 is 2.42 bits per heavy atom. The van der Waals surface area contributed by atoms with Gasteiger partial charge < -0.3 is 61.8 Å². The summed E-state index contributed by atoms with van der Waals surface area (Å²) in [7, 11) is 0. The highest BCUT2D eigenvalue weighted by Crippen LogP contribution is 2.29. The largest absolute Gasteiger partial charge is 0.465 e. The van der Waals surface area contributed by atoms with E-state index in [0.29, 0.717) is 32.4 Å². The maximum atomic E-state index is 13.0. The van der Waals surface area contributed by atoms with Crippen molar-refractivity contribution in [2.24, 2.45) is 11.8 Å². The highest BCUT2D eigenvalue weighted by atomic mass is 35.5. The number of hydrogen-bond donors (Lipinski definition) is 8. The summed E-state index contributed by atoms with van der Waals surface area (Å²) in [5.41, 5.74) is 14.1. The number of aromatic nitrogens is 2. The van der Waals surface area contributed by atoms with E-state index in [0.717, 1.165) is 16.7 Å². The molecule has 5 rings (SSSR count). The first-order valence-corrected chi connectivity index (χ1v) is 19.4. The summed E-state index contributed by atoms with van der Waals surface area (Å²) in [6.45, 7) is 3.60. The van der Waals surface area contributed by atoms with Crippen LogP contribution in [0.2, 0.25) is 5.15 Å². The second kappa shape index (κ2) is 20.7. The SMILES string of the molecule is Cc1ccccc1C[C@@H](CNC(=O)c1nc(Cl)c(N)nc1N)CN(CC1CCN(C(=O)CCNC[C@H](O)[C@@H](O)[C@@H]2O[C@H](c3ccccc3)OC[C@H]2O)CC1)C(=O)O. The number of likely N-dealkylation sites (tertiary alicyclic amines) is 1. The predicted octanol–water partition coefficient (Wildman–Crippen LogP) is 1.59. The van der Waals surface area contributed by atoms with Crippen LogP contribution in [0.25, 0.3) is 0 Å². The van der Waals surface area contributed by atoms with Crippen LogP contribution in [0, 0.1) is 18.8 Å². The number of nitrogens with one attached hydrogen (secondary N) is 2. The van der Waals surface area contributed by atoms with E-state index in [4.69, 9.17) is 32.5 Å². The lowest BCUT2D eigenvalue weighted by Gasteiger charge is -2.38. The Balaban J connectivity index is 1.07. The molecule has 0 unspecified atom stereocenters. The fraction of sp³-hybridized carbons (Fsp3) is 0.513. The molecule has 2 aliphatic rings. The maximum Gasteiger partial charge on any atom is 0.407 e. The predicted molar refractivity (Wildman–Crippen MR) is 211 cm³/mol. The van der Waals surface area contributed by atoms with E-state index in [2.05, 4.69) is 20.6 Å². The Bertz CT molecular complexity index is 1800. The number of hydrogen-bond acceptors (Lipinski definition) is 13. The molecular weight excluding hydrogens is 760 g/mol. The number of anilines is 2. The van der Waals surface area contributed by atoms with E-state index in [1.165, 1.54) is 4.90 Å². The normalized spacial score (nSPS) is 20.4. The Hall–Kier alpha value is -4.62. The Morgan fingerprint density at radius 1 is 1.02 bits per heavy atom. The molecule has 3 amide bonds. The number of nitrogens with zero attached hydrogens (tertiary/aromatic N) is 4. The lowest BCUT2D eigenvalue weighted by atomic mass is 9.93. The van der Waals surface area contributed by atoms with Crippen LogP contribution in [0.5, 0.6) is 0 Å². The third kappa shape index (κ3) is 12.2. The lowest BCUT2D eigenvalue weighted by molar-refractivity contribution is -0.282. The third-order valence-corrected chi connectivity index (χ3v) is 10.7. The van der Waals surface area contributed by atoms with Crippen LogP contribution < -0.4 is 22.1 Å². The molecule has 0 saturated carbocycles. The van der Waals surface area contributed by atoms with Gasteiger partial charge in [0.05, 0.1) is 12.7 Å². The van der Waals surface area contributed by atoms with Gasteiger partial charge in [-0.15, -0.1) is 0 Å². The van der Waals surface area contributed by atoms with Gasteiger partial charge in [0.25, 0.3) is 5.91 Å². The number of aliphatic hydroxyl groups is 3. The van der Waals surface area contributed by atoms with E-state index >= 15 is 0 Å². The summed E-state index contributed by atoms with van der Waals surface area (Å²) >= 11 is 5.97. The van der Waals surface area contributed by atoms with Gasteiger partial charge in [0, 0.05) is 57.8 Å². The molecule has 2 fully saturated rings. The molecule has 1 aromatic heterocycles. The number of aryl methyl sites for hydroxylation is 1. The average molecular weight is 813 g/mol. The quantitative estimate of drug-likeness (QED) is 0.0901. The fourth-order valence-corrected chi connectivity index (χ4v) is 7.22. The minimum absolute atomic E-state index is 0.0184. The van der Waals surface area contributed by atoms with Crippen molar-refractivity contribution in [3.63, 3.8) is 0 Å². The van der Waals surface area contributed by atoms with Crippen molar-refractivity contribution >= 4 is 41.1 Å². The van der Waals surface area contributed by atoms with Crippen LogP contribution in [0.4, 0.5) is 16.4 Å². The molecule has 10 N–H and O–H groups in total. The van der Waals surface area contributed by atoms with Crippen molar-refractivity contribution in [1.82, 2.24) is 30.4 Å². The van der Waals surface area contributed by atoms with E-state index < -0.39 is 42.7 Å². The second-order valence-corrected chi connectivity index (χ2v) is 15.0. The summed E-state index contributed by atoms with van der Waals surface area (Å²) < 4.78 is 11.3. The molecule has 310 valence electrons. The van der Waals surface area contributed by atoms with Gasteiger partial charge in [-0.2, -0.15) is 0 Å². The van der Waals surface area contributed by atoms with Gasteiger partial charge >= 0.3 is 6.09 Å². The van der Waals surface area contributed by atoms with E-state index in [1.54, 1.807) is 17.0 Å². The molecule has 0 radical (unpaired) electrons. The van der Waals surface area contributed by atoms with Crippen molar-refractivity contribution in [3.8, 4) is 0 Å². The molecule has 3 aromatic rings. The minimum Gasteiger partial charge on any atom is -0.465 e. The number of carbonyl (C=O) groups is 3. The Labute approximate surface area is 336 Å². The van der Waals surface area contributed by atoms with Gasteiger partial charge in [-0.3, -0.25) is 9.59 Å². The lowest BCUT2D eigenvalue weighted by Crippen LogP contribution is -2.53. The number of nitrogens with two attached hydrogens (primary N) is 2. The first-order chi connectivity index (χ1) is 27.3. The van der Waals surface area contributed by atoms with Crippen LogP contribution in [-0.2, 0) is 20.7 Å². The third-order valence-electron chi connectivity index (χ3n) is 10.4. The van der Waals surface area contributed by atoms with Gasteiger partial charge in [0.2, 0.25) is 5.91 Å². The van der Waals surface area contributed by atoms with Gasteiger partial charge in [0.15, 0.2) is 28.8 Å². The van der Waals surface area contributed by atoms with Crippen molar-refractivity contribution in [1.29, 1.82) is 0 Å². The summed E-state index contributed by atoms with van der Waals surface area (Å²) in [6, 6.07) is 16.9. The smallest absolute Gasteiger partial charge is 0.407 e. The number of benzene rings is 2. The number of rotatable bonds is 17. The fourth-order valence-electron chi connectivity index (χ4n) is 7.09. The number of aliphatic hydroxyl groups excluding tert-OH is 3. The number of halogens is 1. The van der Waals surface area contributed by atoms with E-state index in [-0.39, 0.29) is 86.0 Å². The zero-order valence-corrected chi connectivity index (χ0v) is 32.6. The van der Waals surface area contributed by atoms with Crippen LogP contribution in [0.3, 0.4) is 0 Å². The molecule has 2 aliphatic heterocycles. The van der Waals surface area contributed by atoms with Crippen LogP contribution in [0.15, 0.2) is 54.6 Å². The summed E-state index contributed by atoms with van der Waals surface area (Å²) in [5.74, 6) is -1.25. The molecule has 17 nitrogen and oxygen atoms in total. The second-order valence-electron chi connectivity index (χ2n) is 14.6. The first kappa shape index (κ1) is 43.5. The molecule has 6 atom stereocenters. The van der Waals surface area contributed by atoms with Gasteiger partial charge in [-0.05, 0) is 49.1 Å². The zero-order valence-electron chi connectivity index (χ0n) is 31.9. The summed E-state index contributed by atoms with van der Waals surface area (Å²) in [4.78, 5) is 49.6. The number of amides is 3. The molecule has 2 saturated heterocycles. The molecule has 0 aliphatic carbocycles. The molecule has 18 heteroatoms.